The van der Waals surface area contributed by atoms with E-state index in [1.807, 2.05) is 11.0 Å². The van der Waals surface area contributed by atoms with Crippen LogP contribution >= 0.6 is 11.6 Å². The number of piperazine rings is 1. The van der Waals surface area contributed by atoms with E-state index in [0.717, 1.165) is 5.56 Å². The number of nitrogens with zero attached hydrogens (tertiary/aromatic N) is 2. The number of aryl methyl sites for hydroxylation is 1. The van der Waals surface area contributed by atoms with Crippen LogP contribution < -0.4 is 0 Å². The summed E-state index contributed by atoms with van der Waals surface area (Å²) >= 11 is 5.85. The molecule has 0 saturated carbocycles. The maximum atomic E-state index is 13.2. The van der Waals surface area contributed by atoms with Crippen molar-refractivity contribution in [3.63, 3.8) is 0 Å². The topological polar surface area (TPSA) is 40.6 Å². The summed E-state index contributed by atoms with van der Waals surface area (Å²) in [4.78, 5) is 28.6. The molecule has 1 fully saturated rings. The molecule has 1 amide bonds. The Kier molecular flexibility index (Phi) is 6.58. The number of benzene rings is 2. The fraction of sp³-hybridized carbons (Fsp3) is 0.333. The van der Waals surface area contributed by atoms with Crippen LogP contribution in [0.3, 0.4) is 0 Å². The molecule has 2 aromatic carbocycles. The quantitative estimate of drug-likeness (QED) is 0.712. The number of Topliss-reactive ketones (excluding diaryl/α,β-unsaturated/α-hetero) is 1. The summed E-state index contributed by atoms with van der Waals surface area (Å²) in [6.07, 6.45) is 0.902. The highest BCUT2D eigenvalue weighted by Crippen LogP contribution is 2.12. The molecule has 1 aliphatic heterocycles. The molecule has 27 heavy (non-hydrogen) atoms. The standard InChI is InChI=1S/C21H22ClFN2O2/c22-18-7-5-17(6-8-18)20(26)15-24-10-12-25(13-11-24)21(27)9-4-16-2-1-3-19(23)14-16/h1-3,5-8,14H,4,9-13,15H2. The molecule has 4 nitrogen and oxygen atoms in total. The summed E-state index contributed by atoms with van der Waals surface area (Å²) in [5.74, 6) is -0.153. The van der Waals surface area contributed by atoms with Crippen molar-refractivity contribution in [2.75, 3.05) is 32.7 Å². The Bertz CT molecular complexity index is 802. The first-order valence-electron chi connectivity index (χ1n) is 9.04. The van der Waals surface area contributed by atoms with Crippen molar-refractivity contribution < 1.29 is 14.0 Å². The van der Waals surface area contributed by atoms with Gasteiger partial charge in [-0.1, -0.05) is 23.7 Å². The fourth-order valence-electron chi connectivity index (χ4n) is 3.19. The third-order valence-electron chi connectivity index (χ3n) is 4.77. The third kappa shape index (κ3) is 5.62. The maximum Gasteiger partial charge on any atom is 0.222 e. The summed E-state index contributed by atoms with van der Waals surface area (Å²) in [6.45, 7) is 2.90. The minimum Gasteiger partial charge on any atom is -0.340 e. The highest BCUT2D eigenvalue weighted by atomic mass is 35.5. The number of amides is 1. The molecular formula is C21H22ClFN2O2. The van der Waals surface area contributed by atoms with Crippen LogP contribution in [-0.2, 0) is 11.2 Å². The predicted molar refractivity (Wildman–Crippen MR) is 104 cm³/mol. The van der Waals surface area contributed by atoms with Crippen LogP contribution in [0.1, 0.15) is 22.3 Å². The molecule has 1 heterocycles. The van der Waals surface area contributed by atoms with E-state index in [4.69, 9.17) is 11.6 Å². The molecule has 0 radical (unpaired) electrons. The Morgan fingerprint density at radius 2 is 1.70 bits per heavy atom. The SMILES string of the molecule is O=C(CN1CCN(C(=O)CCc2cccc(F)c2)CC1)c1ccc(Cl)cc1. The van der Waals surface area contributed by atoms with Crippen molar-refractivity contribution in [3.8, 4) is 0 Å². The molecule has 142 valence electrons. The van der Waals surface area contributed by atoms with Gasteiger partial charge >= 0.3 is 0 Å². The van der Waals surface area contributed by atoms with Crippen LogP contribution in [0.15, 0.2) is 48.5 Å². The second-order valence-electron chi connectivity index (χ2n) is 6.72. The number of hydrogen-bond acceptors (Lipinski definition) is 3. The number of carbonyl (C=O) groups excluding carboxylic acids is 2. The minimum absolute atomic E-state index is 0.0533. The molecule has 6 heteroatoms. The second kappa shape index (κ2) is 9.11. The second-order valence-corrected chi connectivity index (χ2v) is 7.15. The molecule has 0 N–H and O–H groups in total. The van der Waals surface area contributed by atoms with Gasteiger partial charge in [-0.15, -0.1) is 0 Å². The zero-order valence-electron chi connectivity index (χ0n) is 15.0. The van der Waals surface area contributed by atoms with Gasteiger partial charge in [0.1, 0.15) is 5.82 Å². The molecule has 0 aromatic heterocycles. The zero-order valence-corrected chi connectivity index (χ0v) is 15.8. The molecule has 0 atom stereocenters. The number of halogens is 2. The third-order valence-corrected chi connectivity index (χ3v) is 5.03. The van der Waals surface area contributed by atoms with E-state index in [1.54, 1.807) is 30.3 Å². The van der Waals surface area contributed by atoms with Crippen molar-refractivity contribution in [1.29, 1.82) is 0 Å². The minimum atomic E-state index is -0.279. The Labute approximate surface area is 163 Å². The van der Waals surface area contributed by atoms with Gasteiger partial charge < -0.3 is 4.90 Å². The first kappa shape index (κ1) is 19.5. The van der Waals surface area contributed by atoms with Gasteiger partial charge in [-0.25, -0.2) is 4.39 Å². The smallest absolute Gasteiger partial charge is 0.222 e. The van der Waals surface area contributed by atoms with Crippen LogP contribution in [0, 0.1) is 5.82 Å². The molecule has 0 unspecified atom stereocenters. The summed E-state index contributed by atoms with van der Waals surface area (Å²) in [6, 6.07) is 13.2. The van der Waals surface area contributed by atoms with Gasteiger partial charge in [-0.05, 0) is 48.4 Å². The summed E-state index contributed by atoms with van der Waals surface area (Å²) < 4.78 is 13.2. The van der Waals surface area contributed by atoms with E-state index in [0.29, 0.717) is 56.2 Å². The van der Waals surface area contributed by atoms with Crippen LogP contribution in [-0.4, -0.2) is 54.2 Å². The van der Waals surface area contributed by atoms with E-state index in [1.165, 1.54) is 12.1 Å². The summed E-state index contributed by atoms with van der Waals surface area (Å²) in [5.41, 5.74) is 1.48. The average molecular weight is 389 g/mol. The lowest BCUT2D eigenvalue weighted by atomic mass is 10.1. The van der Waals surface area contributed by atoms with Crippen LogP contribution in [0.25, 0.3) is 0 Å². The number of carbonyl (C=O) groups is 2. The first-order valence-corrected chi connectivity index (χ1v) is 9.42. The van der Waals surface area contributed by atoms with Crippen molar-refractivity contribution in [2.24, 2.45) is 0 Å². The van der Waals surface area contributed by atoms with Crippen molar-refractivity contribution >= 4 is 23.3 Å². The van der Waals surface area contributed by atoms with Crippen LogP contribution in [0.2, 0.25) is 5.02 Å². The van der Waals surface area contributed by atoms with E-state index in [2.05, 4.69) is 4.90 Å². The molecule has 1 aliphatic rings. The Morgan fingerprint density at radius 3 is 2.37 bits per heavy atom. The van der Waals surface area contributed by atoms with Gasteiger partial charge in [0.2, 0.25) is 5.91 Å². The van der Waals surface area contributed by atoms with E-state index < -0.39 is 0 Å². The Balaban J connectivity index is 1.43. The molecule has 1 saturated heterocycles. The number of rotatable bonds is 6. The maximum absolute atomic E-state index is 13.2. The highest BCUT2D eigenvalue weighted by Gasteiger charge is 2.22. The highest BCUT2D eigenvalue weighted by molar-refractivity contribution is 6.30. The monoisotopic (exact) mass is 388 g/mol. The van der Waals surface area contributed by atoms with Gasteiger partial charge in [-0.3, -0.25) is 14.5 Å². The Morgan fingerprint density at radius 1 is 1.00 bits per heavy atom. The average Bonchev–Trinajstić information content (AvgIpc) is 2.67. The molecule has 0 bridgehead atoms. The van der Waals surface area contributed by atoms with Crippen molar-refractivity contribution in [3.05, 3.63) is 70.5 Å². The van der Waals surface area contributed by atoms with Crippen LogP contribution in [0.5, 0.6) is 0 Å². The lowest BCUT2D eigenvalue weighted by Crippen LogP contribution is -2.49. The van der Waals surface area contributed by atoms with Gasteiger partial charge in [0.05, 0.1) is 6.54 Å². The normalized spacial score (nSPS) is 15.0. The molecule has 2 aromatic rings. The van der Waals surface area contributed by atoms with Crippen molar-refractivity contribution in [2.45, 2.75) is 12.8 Å². The molecular weight excluding hydrogens is 367 g/mol. The van der Waals surface area contributed by atoms with Gasteiger partial charge in [0.15, 0.2) is 5.78 Å². The van der Waals surface area contributed by atoms with E-state index in [9.17, 15) is 14.0 Å². The van der Waals surface area contributed by atoms with Gasteiger partial charge in [0.25, 0.3) is 0 Å². The number of hydrogen-bond donors (Lipinski definition) is 0. The number of ketones is 1. The lowest BCUT2D eigenvalue weighted by Gasteiger charge is -2.34. The van der Waals surface area contributed by atoms with Gasteiger partial charge in [-0.2, -0.15) is 0 Å². The van der Waals surface area contributed by atoms with Gasteiger partial charge in [0, 0.05) is 43.2 Å². The fourth-order valence-corrected chi connectivity index (χ4v) is 3.31. The Hall–Kier alpha value is -2.24. The lowest BCUT2D eigenvalue weighted by molar-refractivity contribution is -0.132. The predicted octanol–water partition coefficient (Wildman–Crippen LogP) is 3.44. The summed E-state index contributed by atoms with van der Waals surface area (Å²) in [5, 5.41) is 0.608. The largest absolute Gasteiger partial charge is 0.340 e. The zero-order chi connectivity index (χ0) is 19.2. The first-order chi connectivity index (χ1) is 13.0. The molecule has 0 aliphatic carbocycles. The van der Waals surface area contributed by atoms with Crippen LogP contribution in [0.4, 0.5) is 4.39 Å². The van der Waals surface area contributed by atoms with E-state index in [-0.39, 0.29) is 17.5 Å². The van der Waals surface area contributed by atoms with E-state index >= 15 is 0 Å². The van der Waals surface area contributed by atoms with Crippen molar-refractivity contribution in [1.82, 2.24) is 9.80 Å². The molecule has 0 spiro atoms. The molecule has 3 rings (SSSR count). The summed E-state index contributed by atoms with van der Waals surface area (Å²) in [7, 11) is 0.